The summed E-state index contributed by atoms with van der Waals surface area (Å²) in [6.07, 6.45) is 0.880. The number of nitrogens with zero attached hydrogens (tertiary/aromatic N) is 2. The number of morpholine rings is 1. The van der Waals surface area contributed by atoms with Gasteiger partial charge in [0.1, 0.15) is 6.07 Å². The molecule has 7 heteroatoms. The molecule has 0 unspecified atom stereocenters. The Bertz CT molecular complexity index is 524. The maximum absolute atomic E-state index is 9.06. The fraction of sp³-hybridized carbons (Fsp3) is 0.533. The van der Waals surface area contributed by atoms with E-state index in [1.807, 2.05) is 11.5 Å². The van der Waals surface area contributed by atoms with Crippen molar-refractivity contribution in [1.82, 2.24) is 4.90 Å². The highest BCUT2D eigenvalue weighted by atomic mass is 16.5. The maximum Gasteiger partial charge on any atom is 0.162 e. The van der Waals surface area contributed by atoms with Crippen molar-refractivity contribution >= 4 is 5.69 Å². The summed E-state index contributed by atoms with van der Waals surface area (Å²) < 4.78 is 16.2. The molecule has 1 aromatic carbocycles. The number of hydrogen-bond donors (Lipinski definition) is 2. The molecule has 0 aromatic heterocycles. The molecule has 1 fully saturated rings. The number of rotatable bonds is 7. The second kappa shape index (κ2) is 8.44. The van der Waals surface area contributed by atoms with E-state index in [0.29, 0.717) is 29.4 Å². The van der Waals surface area contributed by atoms with Gasteiger partial charge < -0.3 is 14.2 Å². The zero-order valence-electron chi connectivity index (χ0n) is 12.7. The number of benzene rings is 1. The lowest BCUT2D eigenvalue weighted by atomic mass is 10.1. The second-order valence-corrected chi connectivity index (χ2v) is 4.93. The zero-order valence-corrected chi connectivity index (χ0v) is 12.7. The van der Waals surface area contributed by atoms with Gasteiger partial charge >= 0.3 is 0 Å². The first-order valence-corrected chi connectivity index (χ1v) is 7.23. The summed E-state index contributed by atoms with van der Waals surface area (Å²) in [5.41, 5.74) is 2.57. The Hall–Kier alpha value is -2.01. The van der Waals surface area contributed by atoms with Gasteiger partial charge in [0.2, 0.25) is 0 Å². The summed E-state index contributed by atoms with van der Waals surface area (Å²) in [7, 11) is 1.52. The average Bonchev–Trinajstić information content (AvgIpc) is 2.58. The van der Waals surface area contributed by atoms with Crippen molar-refractivity contribution in [3.8, 4) is 17.6 Å². The molecule has 120 valence electrons. The third kappa shape index (κ3) is 4.24. The van der Waals surface area contributed by atoms with Crippen LogP contribution in [0.5, 0.6) is 11.5 Å². The third-order valence-electron chi connectivity index (χ3n) is 3.52. The predicted octanol–water partition coefficient (Wildman–Crippen LogP) is 1.47. The highest BCUT2D eigenvalue weighted by molar-refractivity contribution is 5.63. The summed E-state index contributed by atoms with van der Waals surface area (Å²) in [5.74, 6) is 0.974. The fourth-order valence-corrected chi connectivity index (χ4v) is 2.31. The van der Waals surface area contributed by atoms with Crippen LogP contribution in [0.25, 0.3) is 0 Å². The first-order chi connectivity index (χ1) is 10.8. The van der Waals surface area contributed by atoms with Crippen molar-refractivity contribution in [2.75, 3.05) is 52.0 Å². The van der Waals surface area contributed by atoms with Gasteiger partial charge in [-0.25, -0.2) is 0 Å². The molecule has 0 radical (unpaired) electrons. The van der Waals surface area contributed by atoms with Crippen LogP contribution in [0.2, 0.25) is 0 Å². The van der Waals surface area contributed by atoms with E-state index in [1.165, 1.54) is 13.2 Å². The van der Waals surface area contributed by atoms with E-state index in [-0.39, 0.29) is 0 Å². The Labute approximate surface area is 130 Å². The van der Waals surface area contributed by atoms with Crippen molar-refractivity contribution in [1.29, 1.82) is 5.26 Å². The van der Waals surface area contributed by atoms with E-state index in [4.69, 9.17) is 24.7 Å². The van der Waals surface area contributed by atoms with Gasteiger partial charge in [0.15, 0.2) is 11.5 Å². The number of hydrogen-bond acceptors (Lipinski definition) is 7. The van der Waals surface area contributed by atoms with E-state index in [0.717, 1.165) is 39.3 Å². The normalized spacial score (nSPS) is 15.1. The van der Waals surface area contributed by atoms with Crippen LogP contribution in [0, 0.1) is 11.3 Å². The highest BCUT2D eigenvalue weighted by Crippen LogP contribution is 2.33. The summed E-state index contributed by atoms with van der Waals surface area (Å²) >= 11 is 0. The third-order valence-corrected chi connectivity index (χ3v) is 3.52. The monoisotopic (exact) mass is 307 g/mol. The summed E-state index contributed by atoms with van der Waals surface area (Å²) in [4.78, 5) is 2.34. The number of methoxy groups -OCH3 is 1. The van der Waals surface area contributed by atoms with Gasteiger partial charge in [0.05, 0.1) is 38.2 Å². The lowest BCUT2D eigenvalue weighted by Gasteiger charge is -2.26. The number of anilines is 1. The highest BCUT2D eigenvalue weighted by Gasteiger charge is 2.12. The minimum Gasteiger partial charge on any atom is -0.493 e. The van der Waals surface area contributed by atoms with E-state index in [1.54, 1.807) is 6.07 Å². The molecule has 1 aliphatic rings. The summed E-state index contributed by atoms with van der Waals surface area (Å²) in [5, 5.41) is 18.1. The second-order valence-electron chi connectivity index (χ2n) is 4.93. The van der Waals surface area contributed by atoms with Gasteiger partial charge in [-0.3, -0.25) is 15.6 Å². The fourth-order valence-electron chi connectivity index (χ4n) is 2.31. The Morgan fingerprint density at radius 3 is 2.77 bits per heavy atom. The molecule has 2 rings (SSSR count). The molecule has 0 amide bonds. The first-order valence-electron chi connectivity index (χ1n) is 7.23. The first kappa shape index (κ1) is 16.4. The largest absolute Gasteiger partial charge is 0.493 e. The average molecular weight is 307 g/mol. The predicted molar refractivity (Wildman–Crippen MR) is 80.5 cm³/mol. The molecule has 0 aliphatic carbocycles. The van der Waals surface area contributed by atoms with Crippen molar-refractivity contribution < 1.29 is 19.4 Å². The van der Waals surface area contributed by atoms with E-state index >= 15 is 0 Å². The van der Waals surface area contributed by atoms with Gasteiger partial charge in [0.25, 0.3) is 0 Å². The van der Waals surface area contributed by atoms with Gasteiger partial charge in [-0.05, 0) is 6.42 Å². The molecule has 7 nitrogen and oxygen atoms in total. The van der Waals surface area contributed by atoms with Crippen molar-refractivity contribution in [2.24, 2.45) is 0 Å². The molecule has 0 bridgehead atoms. The minimum atomic E-state index is 0.292. The van der Waals surface area contributed by atoms with Crippen LogP contribution in [-0.2, 0) is 4.74 Å². The van der Waals surface area contributed by atoms with Gasteiger partial charge in [-0.15, -0.1) is 0 Å². The van der Waals surface area contributed by atoms with E-state index in [2.05, 4.69) is 4.90 Å². The molecule has 22 heavy (non-hydrogen) atoms. The topological polar surface area (TPSA) is 87.0 Å². The molecule has 0 saturated carbocycles. The lowest BCUT2D eigenvalue weighted by Crippen LogP contribution is -2.37. The smallest absolute Gasteiger partial charge is 0.162 e. The number of ether oxygens (including phenoxy) is 3. The molecule has 0 spiro atoms. The molecule has 1 heterocycles. The van der Waals surface area contributed by atoms with Crippen LogP contribution < -0.4 is 15.0 Å². The van der Waals surface area contributed by atoms with E-state index < -0.39 is 0 Å². The SMILES string of the molecule is COc1cc(NO)c(C#N)cc1OCCCN1CCOCC1. The Balaban J connectivity index is 1.89. The number of nitrogens with one attached hydrogen (secondary N) is 1. The lowest BCUT2D eigenvalue weighted by molar-refractivity contribution is 0.0357. The molecular formula is C15H21N3O4. The van der Waals surface area contributed by atoms with Crippen molar-refractivity contribution in [2.45, 2.75) is 6.42 Å². The van der Waals surface area contributed by atoms with E-state index in [9.17, 15) is 0 Å². The van der Waals surface area contributed by atoms with Crippen LogP contribution in [0.3, 0.4) is 0 Å². The molecule has 1 aliphatic heterocycles. The van der Waals surface area contributed by atoms with Crippen LogP contribution in [0.1, 0.15) is 12.0 Å². The van der Waals surface area contributed by atoms with Crippen LogP contribution in [0.15, 0.2) is 12.1 Å². The molecule has 0 atom stereocenters. The van der Waals surface area contributed by atoms with Crippen molar-refractivity contribution in [3.63, 3.8) is 0 Å². The van der Waals surface area contributed by atoms with Gasteiger partial charge in [-0.2, -0.15) is 5.26 Å². The Kier molecular flexibility index (Phi) is 6.27. The minimum absolute atomic E-state index is 0.292. The summed E-state index contributed by atoms with van der Waals surface area (Å²) in [6, 6.07) is 5.10. The summed E-state index contributed by atoms with van der Waals surface area (Å²) in [6.45, 7) is 4.97. The molecule has 1 saturated heterocycles. The molecular weight excluding hydrogens is 286 g/mol. The Morgan fingerprint density at radius 1 is 1.36 bits per heavy atom. The molecule has 1 aromatic rings. The number of nitriles is 1. The quantitative estimate of drug-likeness (QED) is 0.582. The van der Waals surface area contributed by atoms with Gasteiger partial charge in [0, 0.05) is 31.8 Å². The van der Waals surface area contributed by atoms with Crippen LogP contribution >= 0.6 is 0 Å². The van der Waals surface area contributed by atoms with Crippen LogP contribution in [0.4, 0.5) is 5.69 Å². The zero-order chi connectivity index (χ0) is 15.8. The standard InChI is InChI=1S/C15H21N3O4/c1-20-14-10-13(17-19)12(11-16)9-15(14)22-6-2-3-18-4-7-21-8-5-18/h9-10,17,19H,2-8H2,1H3. The maximum atomic E-state index is 9.06. The molecule has 2 N–H and O–H groups in total. The van der Waals surface area contributed by atoms with Crippen molar-refractivity contribution in [3.05, 3.63) is 17.7 Å². The van der Waals surface area contributed by atoms with Crippen LogP contribution in [-0.4, -0.2) is 56.7 Å². The Morgan fingerprint density at radius 2 is 2.14 bits per heavy atom. The van der Waals surface area contributed by atoms with Gasteiger partial charge in [-0.1, -0.05) is 0 Å².